The Bertz CT molecular complexity index is 659. The summed E-state index contributed by atoms with van der Waals surface area (Å²) < 4.78 is 5.48. The Labute approximate surface area is 143 Å². The van der Waals surface area contributed by atoms with Gasteiger partial charge in [0, 0.05) is 25.3 Å². The third-order valence-electron chi connectivity index (χ3n) is 4.29. The van der Waals surface area contributed by atoms with Crippen LogP contribution in [0.1, 0.15) is 24.0 Å². The number of amides is 1. The van der Waals surface area contributed by atoms with Gasteiger partial charge in [-0.25, -0.2) is 0 Å². The number of nitrogens with one attached hydrogen (secondary N) is 1. The van der Waals surface area contributed by atoms with Gasteiger partial charge in [-0.05, 0) is 49.6 Å². The average molecular weight is 324 g/mol. The highest BCUT2D eigenvalue weighted by Crippen LogP contribution is 2.20. The zero-order chi connectivity index (χ0) is 16.8. The molecular weight excluding hydrogens is 300 g/mol. The van der Waals surface area contributed by atoms with Crippen LogP contribution in [-0.4, -0.2) is 25.6 Å². The number of ether oxygens (including phenoxy) is 1. The number of nitrogens with zero attached hydrogens (tertiary/aromatic N) is 1. The van der Waals surface area contributed by atoms with Gasteiger partial charge >= 0.3 is 0 Å². The van der Waals surface area contributed by atoms with Crippen LogP contribution in [0.3, 0.4) is 0 Å². The molecule has 24 heavy (non-hydrogen) atoms. The van der Waals surface area contributed by atoms with Crippen LogP contribution in [0.15, 0.2) is 48.5 Å². The maximum Gasteiger partial charge on any atom is 0.258 e. The summed E-state index contributed by atoms with van der Waals surface area (Å²) in [6, 6.07) is 16.1. The van der Waals surface area contributed by atoms with E-state index in [1.54, 1.807) is 0 Å². The van der Waals surface area contributed by atoms with E-state index in [0.29, 0.717) is 12.3 Å². The Morgan fingerprint density at radius 3 is 2.38 bits per heavy atom. The Balaban J connectivity index is 1.43. The number of carbonyl (C=O) groups excluding carboxylic acids is 1. The van der Waals surface area contributed by atoms with Crippen LogP contribution in [-0.2, 0) is 11.3 Å². The molecular formula is C20H24N2O2. The molecule has 1 N–H and O–H groups in total. The lowest BCUT2D eigenvalue weighted by Gasteiger charge is -2.17. The first-order valence-electron chi connectivity index (χ1n) is 8.51. The van der Waals surface area contributed by atoms with Crippen LogP contribution in [0.25, 0.3) is 0 Å². The molecule has 1 aliphatic heterocycles. The fraction of sp³-hybridized carbons (Fsp3) is 0.350. The van der Waals surface area contributed by atoms with Crippen molar-refractivity contribution in [2.45, 2.75) is 26.3 Å². The van der Waals surface area contributed by atoms with Gasteiger partial charge in [0.25, 0.3) is 5.91 Å². The van der Waals surface area contributed by atoms with E-state index in [4.69, 9.17) is 4.74 Å². The molecule has 1 amide bonds. The Kier molecular flexibility index (Phi) is 5.36. The fourth-order valence-corrected chi connectivity index (χ4v) is 2.83. The second-order valence-electron chi connectivity index (χ2n) is 6.24. The third kappa shape index (κ3) is 4.51. The summed E-state index contributed by atoms with van der Waals surface area (Å²) in [5.74, 6) is 0.602. The lowest BCUT2D eigenvalue weighted by atomic mass is 10.2. The van der Waals surface area contributed by atoms with Crippen molar-refractivity contribution in [3.05, 3.63) is 59.7 Å². The second kappa shape index (κ2) is 7.86. The molecule has 0 spiro atoms. The van der Waals surface area contributed by atoms with Gasteiger partial charge in [-0.2, -0.15) is 0 Å². The van der Waals surface area contributed by atoms with E-state index in [2.05, 4.69) is 34.5 Å². The summed E-state index contributed by atoms with van der Waals surface area (Å²) in [4.78, 5) is 14.3. The first kappa shape index (κ1) is 16.4. The standard InChI is InChI=1S/C20H24N2O2/c1-16-4-10-19(11-5-16)24-15-20(23)21-14-17-6-8-18(9-7-17)22-12-2-3-13-22/h4-11H,2-3,12-15H2,1H3,(H,21,23). The average Bonchev–Trinajstić information content (AvgIpc) is 3.14. The minimum Gasteiger partial charge on any atom is -0.484 e. The topological polar surface area (TPSA) is 41.6 Å². The van der Waals surface area contributed by atoms with Crippen molar-refractivity contribution in [2.75, 3.05) is 24.6 Å². The number of carbonyl (C=O) groups is 1. The fourth-order valence-electron chi connectivity index (χ4n) is 2.83. The molecule has 1 fully saturated rings. The lowest BCUT2D eigenvalue weighted by Crippen LogP contribution is -2.28. The summed E-state index contributed by atoms with van der Waals surface area (Å²) in [6.45, 7) is 4.87. The first-order chi connectivity index (χ1) is 11.7. The minimum absolute atomic E-state index is 0.0366. The predicted molar refractivity (Wildman–Crippen MR) is 96.4 cm³/mol. The normalized spacial score (nSPS) is 13.8. The van der Waals surface area contributed by atoms with Crippen LogP contribution < -0.4 is 15.0 Å². The summed E-state index contributed by atoms with van der Waals surface area (Å²) in [7, 11) is 0. The van der Waals surface area contributed by atoms with Gasteiger partial charge < -0.3 is 15.0 Å². The maximum atomic E-state index is 11.9. The van der Waals surface area contributed by atoms with Crippen molar-refractivity contribution >= 4 is 11.6 Å². The summed E-state index contributed by atoms with van der Waals surface area (Å²) in [6.07, 6.45) is 2.55. The molecule has 0 atom stereocenters. The van der Waals surface area contributed by atoms with E-state index in [1.165, 1.54) is 24.1 Å². The molecule has 4 nitrogen and oxygen atoms in total. The third-order valence-corrected chi connectivity index (χ3v) is 4.29. The molecule has 0 aliphatic carbocycles. The van der Waals surface area contributed by atoms with Crippen molar-refractivity contribution in [3.63, 3.8) is 0 Å². The molecule has 0 saturated carbocycles. The molecule has 3 rings (SSSR count). The lowest BCUT2D eigenvalue weighted by molar-refractivity contribution is -0.123. The van der Waals surface area contributed by atoms with Crippen LogP contribution >= 0.6 is 0 Å². The molecule has 4 heteroatoms. The van der Waals surface area contributed by atoms with E-state index in [1.807, 2.05) is 31.2 Å². The van der Waals surface area contributed by atoms with Crippen LogP contribution in [0.4, 0.5) is 5.69 Å². The smallest absolute Gasteiger partial charge is 0.258 e. The second-order valence-corrected chi connectivity index (χ2v) is 6.24. The first-order valence-corrected chi connectivity index (χ1v) is 8.51. The van der Waals surface area contributed by atoms with Gasteiger partial charge in [0.2, 0.25) is 0 Å². The monoisotopic (exact) mass is 324 g/mol. The molecule has 0 aromatic heterocycles. The van der Waals surface area contributed by atoms with Crippen molar-refractivity contribution in [1.82, 2.24) is 5.32 Å². The SMILES string of the molecule is Cc1ccc(OCC(=O)NCc2ccc(N3CCCC3)cc2)cc1. The zero-order valence-corrected chi connectivity index (χ0v) is 14.1. The Hall–Kier alpha value is -2.49. The van der Waals surface area contributed by atoms with Crippen molar-refractivity contribution in [3.8, 4) is 5.75 Å². The predicted octanol–water partition coefficient (Wildman–Crippen LogP) is 3.29. The van der Waals surface area contributed by atoms with E-state index >= 15 is 0 Å². The quantitative estimate of drug-likeness (QED) is 0.886. The van der Waals surface area contributed by atoms with Gasteiger partial charge in [0.15, 0.2) is 6.61 Å². The van der Waals surface area contributed by atoms with E-state index in [-0.39, 0.29) is 12.5 Å². The minimum atomic E-state index is -0.112. The van der Waals surface area contributed by atoms with Crippen molar-refractivity contribution in [1.29, 1.82) is 0 Å². The molecule has 0 radical (unpaired) electrons. The number of hydrogen-bond donors (Lipinski definition) is 1. The number of aryl methyl sites for hydroxylation is 1. The van der Waals surface area contributed by atoms with Gasteiger partial charge in [-0.3, -0.25) is 4.79 Å². The molecule has 0 unspecified atom stereocenters. The molecule has 1 saturated heterocycles. The van der Waals surface area contributed by atoms with Gasteiger partial charge in [0.05, 0.1) is 0 Å². The highest BCUT2D eigenvalue weighted by molar-refractivity contribution is 5.77. The largest absolute Gasteiger partial charge is 0.484 e. The van der Waals surface area contributed by atoms with Crippen LogP contribution in [0.2, 0.25) is 0 Å². The van der Waals surface area contributed by atoms with E-state index in [9.17, 15) is 4.79 Å². The molecule has 126 valence electrons. The van der Waals surface area contributed by atoms with Crippen LogP contribution in [0.5, 0.6) is 5.75 Å². The number of hydrogen-bond acceptors (Lipinski definition) is 3. The van der Waals surface area contributed by atoms with E-state index in [0.717, 1.165) is 18.7 Å². The highest BCUT2D eigenvalue weighted by Gasteiger charge is 2.11. The van der Waals surface area contributed by atoms with Gasteiger partial charge in [-0.1, -0.05) is 29.8 Å². The number of anilines is 1. The molecule has 1 heterocycles. The van der Waals surface area contributed by atoms with Gasteiger partial charge in [0.1, 0.15) is 5.75 Å². The molecule has 2 aromatic carbocycles. The van der Waals surface area contributed by atoms with E-state index < -0.39 is 0 Å². The van der Waals surface area contributed by atoms with Gasteiger partial charge in [-0.15, -0.1) is 0 Å². The zero-order valence-electron chi connectivity index (χ0n) is 14.1. The van der Waals surface area contributed by atoms with Crippen molar-refractivity contribution < 1.29 is 9.53 Å². The summed E-state index contributed by atoms with van der Waals surface area (Å²) in [5, 5.41) is 2.89. The number of benzene rings is 2. The molecule has 1 aliphatic rings. The van der Waals surface area contributed by atoms with Crippen molar-refractivity contribution in [2.24, 2.45) is 0 Å². The summed E-state index contributed by atoms with van der Waals surface area (Å²) >= 11 is 0. The highest BCUT2D eigenvalue weighted by atomic mass is 16.5. The Morgan fingerprint density at radius 2 is 1.71 bits per heavy atom. The maximum absolute atomic E-state index is 11.9. The van der Waals surface area contributed by atoms with Crippen LogP contribution in [0, 0.1) is 6.92 Å². The Morgan fingerprint density at radius 1 is 1.04 bits per heavy atom. The number of rotatable bonds is 6. The molecule has 2 aromatic rings. The molecule has 0 bridgehead atoms. The summed E-state index contributed by atoms with van der Waals surface area (Å²) in [5.41, 5.74) is 3.54.